The summed E-state index contributed by atoms with van der Waals surface area (Å²) in [4.78, 5) is 2.14. The molecule has 1 atom stereocenters. The van der Waals surface area contributed by atoms with E-state index in [0.717, 1.165) is 25.6 Å². The zero-order chi connectivity index (χ0) is 12.6. The van der Waals surface area contributed by atoms with Gasteiger partial charge in [0.2, 0.25) is 0 Å². The van der Waals surface area contributed by atoms with Crippen LogP contribution < -0.4 is 0 Å². The fourth-order valence-corrected chi connectivity index (χ4v) is 3.28. The molecule has 1 unspecified atom stereocenters. The quantitative estimate of drug-likeness (QED) is 0.485. The van der Waals surface area contributed by atoms with Crippen LogP contribution in [0.1, 0.15) is 19.8 Å². The van der Waals surface area contributed by atoms with Crippen LogP contribution in [0, 0.1) is 11.3 Å². The van der Waals surface area contributed by atoms with E-state index in [-0.39, 0.29) is 6.04 Å². The first-order chi connectivity index (χ1) is 7.40. The first-order valence-corrected chi connectivity index (χ1v) is 9.79. The summed E-state index contributed by atoms with van der Waals surface area (Å²) in [5.41, 5.74) is 0. The molecule has 0 saturated heterocycles. The molecule has 0 rings (SSSR count). The van der Waals surface area contributed by atoms with E-state index in [1.54, 1.807) is 0 Å². The lowest BCUT2D eigenvalue weighted by molar-refractivity contribution is 0.0927. The fraction of sp³-hybridized carbons (Fsp3) is 0.917. The Labute approximate surface area is 101 Å². The maximum absolute atomic E-state index is 9.09. The van der Waals surface area contributed by atoms with E-state index in [1.165, 1.54) is 0 Å². The van der Waals surface area contributed by atoms with Crippen LogP contribution in [-0.2, 0) is 4.74 Å². The summed E-state index contributed by atoms with van der Waals surface area (Å²) in [6, 6.07) is 2.23. The predicted octanol–water partition coefficient (Wildman–Crippen LogP) is 2.50. The molecule has 0 radical (unpaired) electrons. The molecule has 16 heavy (non-hydrogen) atoms. The zero-order valence-corrected chi connectivity index (χ0v) is 12.4. The Bertz CT molecular complexity index is 220. The summed E-state index contributed by atoms with van der Waals surface area (Å²) >= 11 is 0. The van der Waals surface area contributed by atoms with Gasteiger partial charge in [-0.3, -0.25) is 4.90 Å². The van der Waals surface area contributed by atoms with Crippen LogP contribution in [0.3, 0.4) is 0 Å². The first-order valence-electron chi connectivity index (χ1n) is 6.08. The van der Waals surface area contributed by atoms with Crippen molar-refractivity contribution < 1.29 is 4.74 Å². The van der Waals surface area contributed by atoms with Crippen molar-refractivity contribution in [2.45, 2.75) is 45.4 Å². The van der Waals surface area contributed by atoms with Crippen LogP contribution in [0.25, 0.3) is 0 Å². The van der Waals surface area contributed by atoms with E-state index < -0.39 is 8.07 Å². The first kappa shape index (κ1) is 15.6. The lowest BCUT2D eigenvalue weighted by Gasteiger charge is -2.28. The van der Waals surface area contributed by atoms with E-state index >= 15 is 0 Å². The van der Waals surface area contributed by atoms with Crippen molar-refractivity contribution in [3.8, 4) is 6.07 Å². The van der Waals surface area contributed by atoms with Gasteiger partial charge in [0.05, 0.1) is 20.7 Å². The molecular formula is C12H26N2OSi. The third-order valence-electron chi connectivity index (χ3n) is 2.32. The zero-order valence-electron chi connectivity index (χ0n) is 11.4. The Morgan fingerprint density at radius 1 is 1.38 bits per heavy atom. The second kappa shape index (κ2) is 7.83. The number of hydrogen-bond donors (Lipinski definition) is 0. The molecule has 0 aliphatic heterocycles. The van der Waals surface area contributed by atoms with E-state index in [1.807, 2.05) is 7.05 Å². The largest absolute Gasteiger partial charge is 0.379 e. The molecule has 0 saturated carbocycles. The van der Waals surface area contributed by atoms with Crippen LogP contribution in [0.2, 0.25) is 19.6 Å². The highest BCUT2D eigenvalue weighted by atomic mass is 28.3. The Morgan fingerprint density at radius 3 is 2.44 bits per heavy atom. The minimum atomic E-state index is -1.13. The standard InChI is InChI=1S/C12H26N2OSi/c1-6-7-8-15-10-12(9-13)14(2)11-16(3,4)5/h12H,6-8,10-11H2,1-5H3. The summed E-state index contributed by atoms with van der Waals surface area (Å²) in [6.45, 7) is 10.4. The normalized spacial score (nSPS) is 13.8. The van der Waals surface area contributed by atoms with Gasteiger partial charge in [0.1, 0.15) is 6.04 Å². The predicted molar refractivity (Wildman–Crippen MR) is 71.1 cm³/mol. The average Bonchev–Trinajstić information content (AvgIpc) is 2.15. The van der Waals surface area contributed by atoms with Crippen LogP contribution in [-0.4, -0.2) is 45.4 Å². The van der Waals surface area contributed by atoms with Gasteiger partial charge in [0.15, 0.2) is 0 Å². The third kappa shape index (κ3) is 7.86. The highest BCUT2D eigenvalue weighted by molar-refractivity contribution is 6.76. The van der Waals surface area contributed by atoms with Gasteiger partial charge in [0.25, 0.3) is 0 Å². The van der Waals surface area contributed by atoms with Crippen molar-refractivity contribution in [3.05, 3.63) is 0 Å². The molecule has 0 aliphatic rings. The van der Waals surface area contributed by atoms with Crippen LogP contribution in [0.5, 0.6) is 0 Å². The summed E-state index contributed by atoms with van der Waals surface area (Å²) in [5, 5.41) is 9.09. The lowest BCUT2D eigenvalue weighted by atomic mass is 10.3. The Kier molecular flexibility index (Phi) is 7.65. The van der Waals surface area contributed by atoms with Gasteiger partial charge in [-0.2, -0.15) is 5.26 Å². The summed E-state index contributed by atoms with van der Waals surface area (Å²) in [5.74, 6) is 0. The van der Waals surface area contributed by atoms with Crippen molar-refractivity contribution in [1.29, 1.82) is 5.26 Å². The number of rotatable bonds is 8. The second-order valence-corrected chi connectivity index (χ2v) is 11.0. The molecule has 0 amide bonds. The molecule has 0 aromatic carbocycles. The number of nitrogens with zero attached hydrogens (tertiary/aromatic N) is 2. The van der Waals surface area contributed by atoms with E-state index in [2.05, 4.69) is 37.5 Å². The second-order valence-electron chi connectivity index (χ2n) is 5.55. The van der Waals surface area contributed by atoms with Crippen molar-refractivity contribution in [2.24, 2.45) is 0 Å². The van der Waals surface area contributed by atoms with Gasteiger partial charge in [-0.1, -0.05) is 33.0 Å². The number of hydrogen-bond acceptors (Lipinski definition) is 3. The highest BCUT2D eigenvalue weighted by Crippen LogP contribution is 2.06. The molecular weight excluding hydrogens is 216 g/mol. The van der Waals surface area contributed by atoms with Gasteiger partial charge < -0.3 is 4.74 Å². The molecule has 0 fully saturated rings. The SMILES string of the molecule is CCCCOCC(C#N)N(C)C[Si](C)(C)C. The van der Waals surface area contributed by atoms with Gasteiger partial charge in [-0.05, 0) is 19.6 Å². The lowest BCUT2D eigenvalue weighted by Crippen LogP contribution is -2.44. The molecule has 0 aromatic rings. The molecule has 0 aliphatic carbocycles. The van der Waals surface area contributed by atoms with E-state index in [4.69, 9.17) is 10.00 Å². The van der Waals surface area contributed by atoms with Gasteiger partial charge in [-0.15, -0.1) is 0 Å². The number of likely N-dealkylation sites (N-methyl/N-ethyl adjacent to an activating group) is 1. The minimum absolute atomic E-state index is 0.0939. The number of unbranched alkanes of at least 4 members (excludes halogenated alkanes) is 1. The van der Waals surface area contributed by atoms with Crippen LogP contribution >= 0.6 is 0 Å². The smallest absolute Gasteiger partial charge is 0.121 e. The summed E-state index contributed by atoms with van der Waals surface area (Å²) in [7, 11) is 0.889. The molecule has 4 heteroatoms. The molecule has 0 aromatic heterocycles. The Morgan fingerprint density at radius 2 is 2.00 bits per heavy atom. The highest BCUT2D eigenvalue weighted by Gasteiger charge is 2.21. The van der Waals surface area contributed by atoms with Crippen molar-refractivity contribution in [3.63, 3.8) is 0 Å². The molecule has 0 bridgehead atoms. The van der Waals surface area contributed by atoms with Gasteiger partial charge in [-0.25, -0.2) is 0 Å². The minimum Gasteiger partial charge on any atom is -0.379 e. The topological polar surface area (TPSA) is 36.3 Å². The fourth-order valence-electron chi connectivity index (χ4n) is 1.56. The molecule has 0 spiro atoms. The van der Waals surface area contributed by atoms with Crippen molar-refractivity contribution >= 4 is 8.07 Å². The van der Waals surface area contributed by atoms with Crippen molar-refractivity contribution in [2.75, 3.05) is 26.4 Å². The van der Waals surface area contributed by atoms with Crippen molar-refractivity contribution in [1.82, 2.24) is 4.90 Å². The Balaban J connectivity index is 3.94. The number of ether oxygens (including phenoxy) is 1. The summed E-state index contributed by atoms with van der Waals surface area (Å²) in [6.07, 6.45) is 3.26. The Hall–Kier alpha value is -0.373. The van der Waals surface area contributed by atoms with Crippen LogP contribution in [0.15, 0.2) is 0 Å². The monoisotopic (exact) mass is 242 g/mol. The maximum Gasteiger partial charge on any atom is 0.121 e. The van der Waals surface area contributed by atoms with Gasteiger partial charge in [0, 0.05) is 6.61 Å². The molecule has 0 heterocycles. The van der Waals surface area contributed by atoms with E-state index in [9.17, 15) is 0 Å². The van der Waals surface area contributed by atoms with Gasteiger partial charge >= 0.3 is 0 Å². The maximum atomic E-state index is 9.09. The average molecular weight is 242 g/mol. The number of nitriles is 1. The van der Waals surface area contributed by atoms with E-state index in [0.29, 0.717) is 6.61 Å². The summed E-state index contributed by atoms with van der Waals surface area (Å²) < 4.78 is 5.51. The molecule has 0 N–H and O–H groups in total. The third-order valence-corrected chi connectivity index (χ3v) is 3.77. The van der Waals surface area contributed by atoms with Crippen LogP contribution in [0.4, 0.5) is 0 Å². The molecule has 3 nitrogen and oxygen atoms in total. The molecule has 94 valence electrons.